The van der Waals surface area contributed by atoms with E-state index in [2.05, 4.69) is 4.98 Å². The molecule has 0 aliphatic carbocycles. The Bertz CT molecular complexity index is 552. The zero-order chi connectivity index (χ0) is 13.1. The molecule has 0 fully saturated rings. The smallest absolute Gasteiger partial charge is 0.133 e. The molecule has 4 heteroatoms. The monoisotopic (exact) mass is 245 g/mol. The summed E-state index contributed by atoms with van der Waals surface area (Å²) in [5.74, 6) is 0.529. The van der Waals surface area contributed by atoms with Crippen LogP contribution in [0.3, 0.4) is 0 Å². The second-order valence-electron chi connectivity index (χ2n) is 4.24. The molecule has 0 spiro atoms. The SMILES string of the molecule is CN(C)c1nccc(-c2ccccc2F)c1CN. The fourth-order valence-electron chi connectivity index (χ4n) is 2.00. The highest BCUT2D eigenvalue weighted by atomic mass is 19.1. The minimum Gasteiger partial charge on any atom is -0.362 e. The normalized spacial score (nSPS) is 10.4. The third-order valence-corrected chi connectivity index (χ3v) is 2.82. The van der Waals surface area contributed by atoms with Crippen LogP contribution in [-0.2, 0) is 6.54 Å². The van der Waals surface area contributed by atoms with Crippen molar-refractivity contribution in [2.24, 2.45) is 5.73 Å². The standard InChI is InChI=1S/C14H16FN3/c1-18(2)14-12(9-16)10(7-8-17-14)11-5-3-4-6-13(11)15/h3-8H,9,16H2,1-2H3. The maximum atomic E-state index is 13.8. The summed E-state index contributed by atoms with van der Waals surface area (Å²) >= 11 is 0. The molecule has 1 aromatic carbocycles. The number of nitrogens with zero attached hydrogens (tertiary/aromatic N) is 2. The van der Waals surface area contributed by atoms with Crippen molar-refractivity contribution in [2.75, 3.05) is 19.0 Å². The van der Waals surface area contributed by atoms with Crippen molar-refractivity contribution in [1.82, 2.24) is 4.98 Å². The lowest BCUT2D eigenvalue weighted by molar-refractivity contribution is 0.631. The lowest BCUT2D eigenvalue weighted by Gasteiger charge is -2.18. The first-order valence-electron chi connectivity index (χ1n) is 5.75. The number of pyridine rings is 1. The fraction of sp³-hybridized carbons (Fsp3) is 0.214. The molecule has 0 atom stereocenters. The number of nitrogens with two attached hydrogens (primary N) is 1. The summed E-state index contributed by atoms with van der Waals surface area (Å²) in [6.07, 6.45) is 1.68. The second-order valence-corrected chi connectivity index (χ2v) is 4.24. The molecule has 1 aromatic heterocycles. The Kier molecular flexibility index (Phi) is 3.58. The maximum Gasteiger partial charge on any atom is 0.133 e. The van der Waals surface area contributed by atoms with Gasteiger partial charge in [0.25, 0.3) is 0 Å². The molecular weight excluding hydrogens is 229 g/mol. The summed E-state index contributed by atoms with van der Waals surface area (Å²) in [7, 11) is 3.79. The van der Waals surface area contributed by atoms with Gasteiger partial charge in [-0.3, -0.25) is 0 Å². The molecule has 0 aliphatic rings. The van der Waals surface area contributed by atoms with E-state index in [-0.39, 0.29) is 5.82 Å². The third kappa shape index (κ3) is 2.19. The molecule has 94 valence electrons. The molecule has 0 aliphatic heterocycles. The molecule has 0 saturated carbocycles. The van der Waals surface area contributed by atoms with Crippen molar-refractivity contribution in [1.29, 1.82) is 0 Å². The Labute approximate surface area is 106 Å². The molecule has 3 nitrogen and oxygen atoms in total. The molecular formula is C14H16FN3. The summed E-state index contributed by atoms with van der Waals surface area (Å²) in [6, 6.07) is 8.49. The molecule has 2 rings (SSSR count). The van der Waals surface area contributed by atoms with Crippen molar-refractivity contribution in [3.05, 3.63) is 47.9 Å². The minimum absolute atomic E-state index is 0.247. The van der Waals surface area contributed by atoms with Gasteiger partial charge in [-0.1, -0.05) is 18.2 Å². The molecule has 18 heavy (non-hydrogen) atoms. The van der Waals surface area contributed by atoms with E-state index < -0.39 is 0 Å². The fourth-order valence-corrected chi connectivity index (χ4v) is 2.00. The summed E-state index contributed by atoms with van der Waals surface area (Å²) < 4.78 is 13.8. The zero-order valence-corrected chi connectivity index (χ0v) is 10.5. The topological polar surface area (TPSA) is 42.2 Å². The van der Waals surface area contributed by atoms with E-state index in [1.807, 2.05) is 25.1 Å². The van der Waals surface area contributed by atoms with Gasteiger partial charge in [0.2, 0.25) is 0 Å². The van der Waals surface area contributed by atoms with E-state index in [4.69, 9.17) is 5.73 Å². The van der Waals surface area contributed by atoms with Gasteiger partial charge in [0.05, 0.1) is 0 Å². The molecule has 0 amide bonds. The number of halogens is 1. The van der Waals surface area contributed by atoms with Crippen molar-refractivity contribution in [3.63, 3.8) is 0 Å². The molecule has 2 N–H and O–H groups in total. The first kappa shape index (κ1) is 12.5. The molecule has 2 aromatic rings. The van der Waals surface area contributed by atoms with Crippen molar-refractivity contribution in [2.45, 2.75) is 6.54 Å². The lowest BCUT2D eigenvalue weighted by atomic mass is 10.00. The average Bonchev–Trinajstić information content (AvgIpc) is 2.38. The first-order valence-corrected chi connectivity index (χ1v) is 5.75. The highest BCUT2D eigenvalue weighted by Gasteiger charge is 2.13. The number of hydrogen-bond donors (Lipinski definition) is 1. The van der Waals surface area contributed by atoms with E-state index in [0.717, 1.165) is 16.9 Å². The predicted octanol–water partition coefficient (Wildman–Crippen LogP) is 2.41. The van der Waals surface area contributed by atoms with Crippen LogP contribution in [0, 0.1) is 5.82 Å². The van der Waals surface area contributed by atoms with E-state index >= 15 is 0 Å². The maximum absolute atomic E-state index is 13.8. The van der Waals surface area contributed by atoms with Crippen LogP contribution in [0.1, 0.15) is 5.56 Å². The van der Waals surface area contributed by atoms with Gasteiger partial charge in [-0.25, -0.2) is 9.37 Å². The third-order valence-electron chi connectivity index (χ3n) is 2.82. The Hall–Kier alpha value is -1.94. The van der Waals surface area contributed by atoms with E-state index in [1.54, 1.807) is 24.4 Å². The number of hydrogen-bond acceptors (Lipinski definition) is 3. The zero-order valence-electron chi connectivity index (χ0n) is 10.5. The van der Waals surface area contributed by atoms with E-state index in [0.29, 0.717) is 12.1 Å². The Balaban J connectivity index is 2.65. The Morgan fingerprint density at radius 3 is 2.50 bits per heavy atom. The summed E-state index contributed by atoms with van der Waals surface area (Å²) in [5, 5.41) is 0. The molecule has 1 heterocycles. The van der Waals surface area contributed by atoms with Crippen LogP contribution in [0.5, 0.6) is 0 Å². The van der Waals surface area contributed by atoms with E-state index in [1.165, 1.54) is 6.07 Å². The summed E-state index contributed by atoms with van der Waals surface area (Å²) in [6.45, 7) is 0.324. The van der Waals surface area contributed by atoms with Crippen LogP contribution in [0.4, 0.5) is 10.2 Å². The van der Waals surface area contributed by atoms with Gasteiger partial charge in [-0.15, -0.1) is 0 Å². The molecule has 0 radical (unpaired) electrons. The summed E-state index contributed by atoms with van der Waals surface area (Å²) in [4.78, 5) is 6.17. The first-order chi connectivity index (χ1) is 8.65. The van der Waals surface area contributed by atoms with Gasteiger partial charge in [0.15, 0.2) is 0 Å². The Morgan fingerprint density at radius 2 is 1.89 bits per heavy atom. The van der Waals surface area contributed by atoms with Gasteiger partial charge in [-0.05, 0) is 17.7 Å². The lowest BCUT2D eigenvalue weighted by Crippen LogP contribution is -2.15. The largest absolute Gasteiger partial charge is 0.362 e. The van der Waals surface area contributed by atoms with Gasteiger partial charge in [-0.2, -0.15) is 0 Å². The summed E-state index contributed by atoms with van der Waals surface area (Å²) in [5.41, 5.74) is 8.00. The average molecular weight is 245 g/mol. The van der Waals surface area contributed by atoms with Crippen molar-refractivity contribution in [3.8, 4) is 11.1 Å². The van der Waals surface area contributed by atoms with Crippen LogP contribution in [0.15, 0.2) is 36.5 Å². The Morgan fingerprint density at radius 1 is 1.17 bits per heavy atom. The van der Waals surface area contributed by atoms with Crippen molar-refractivity contribution >= 4 is 5.82 Å². The molecule has 0 saturated heterocycles. The highest BCUT2D eigenvalue weighted by molar-refractivity contribution is 5.72. The van der Waals surface area contributed by atoms with E-state index in [9.17, 15) is 4.39 Å². The van der Waals surface area contributed by atoms with Gasteiger partial charge >= 0.3 is 0 Å². The second kappa shape index (κ2) is 5.14. The van der Waals surface area contributed by atoms with Gasteiger partial charge in [0, 0.05) is 38.0 Å². The van der Waals surface area contributed by atoms with Crippen LogP contribution in [0.25, 0.3) is 11.1 Å². The minimum atomic E-state index is -0.247. The number of aromatic nitrogens is 1. The van der Waals surface area contributed by atoms with Gasteiger partial charge < -0.3 is 10.6 Å². The van der Waals surface area contributed by atoms with Crippen LogP contribution in [0.2, 0.25) is 0 Å². The highest BCUT2D eigenvalue weighted by Crippen LogP contribution is 2.30. The van der Waals surface area contributed by atoms with Crippen LogP contribution < -0.4 is 10.6 Å². The quantitative estimate of drug-likeness (QED) is 0.903. The van der Waals surface area contributed by atoms with Crippen LogP contribution >= 0.6 is 0 Å². The number of anilines is 1. The molecule has 0 unspecified atom stereocenters. The van der Waals surface area contributed by atoms with Gasteiger partial charge in [0.1, 0.15) is 11.6 Å². The van der Waals surface area contributed by atoms with Crippen molar-refractivity contribution < 1.29 is 4.39 Å². The number of rotatable bonds is 3. The van der Waals surface area contributed by atoms with Crippen LogP contribution in [-0.4, -0.2) is 19.1 Å². The number of benzene rings is 1. The molecule has 0 bridgehead atoms. The predicted molar refractivity (Wildman–Crippen MR) is 71.8 cm³/mol.